The van der Waals surface area contributed by atoms with Gasteiger partial charge in [0.1, 0.15) is 5.75 Å². The van der Waals surface area contributed by atoms with Gasteiger partial charge in [0, 0.05) is 18.3 Å². The third-order valence-electron chi connectivity index (χ3n) is 3.42. The van der Waals surface area contributed by atoms with E-state index in [9.17, 15) is 0 Å². The summed E-state index contributed by atoms with van der Waals surface area (Å²) in [5.41, 5.74) is 10.5. The van der Waals surface area contributed by atoms with Crippen LogP contribution in [0.3, 0.4) is 0 Å². The maximum absolute atomic E-state index is 6.08. The normalized spacial score (nSPS) is 13.5. The van der Waals surface area contributed by atoms with Crippen molar-refractivity contribution in [2.45, 2.75) is 6.42 Å². The van der Waals surface area contributed by atoms with Crippen molar-refractivity contribution in [1.82, 2.24) is 0 Å². The second kappa shape index (κ2) is 4.26. The van der Waals surface area contributed by atoms with Crippen LogP contribution in [0.2, 0.25) is 0 Å². The average molecular weight is 240 g/mol. The first kappa shape index (κ1) is 11.0. The van der Waals surface area contributed by atoms with Gasteiger partial charge < -0.3 is 15.4 Å². The molecule has 1 heterocycles. The van der Waals surface area contributed by atoms with E-state index < -0.39 is 0 Å². The SMILES string of the molecule is COc1ccc(N)c(N2CCc3ccccc32)c1. The highest BCUT2D eigenvalue weighted by Crippen LogP contribution is 2.38. The summed E-state index contributed by atoms with van der Waals surface area (Å²) in [7, 11) is 1.67. The molecule has 0 bridgehead atoms. The molecule has 18 heavy (non-hydrogen) atoms. The van der Waals surface area contributed by atoms with E-state index in [0.29, 0.717) is 0 Å². The Balaban J connectivity index is 2.07. The highest BCUT2D eigenvalue weighted by atomic mass is 16.5. The molecule has 0 unspecified atom stereocenters. The molecule has 2 N–H and O–H groups in total. The van der Waals surface area contributed by atoms with Gasteiger partial charge in [0.25, 0.3) is 0 Å². The van der Waals surface area contributed by atoms with Crippen LogP contribution < -0.4 is 15.4 Å². The van der Waals surface area contributed by atoms with Gasteiger partial charge in [-0.3, -0.25) is 0 Å². The van der Waals surface area contributed by atoms with Gasteiger partial charge in [-0.05, 0) is 30.2 Å². The minimum atomic E-state index is 0.785. The lowest BCUT2D eigenvalue weighted by atomic mass is 10.2. The van der Waals surface area contributed by atoms with Crippen molar-refractivity contribution in [3.63, 3.8) is 0 Å². The summed E-state index contributed by atoms with van der Waals surface area (Å²) in [4.78, 5) is 2.26. The summed E-state index contributed by atoms with van der Waals surface area (Å²) < 4.78 is 5.28. The third kappa shape index (κ3) is 1.68. The number of para-hydroxylation sites is 1. The summed E-state index contributed by atoms with van der Waals surface area (Å²) in [5.74, 6) is 0.837. The first-order valence-corrected chi connectivity index (χ1v) is 6.08. The van der Waals surface area contributed by atoms with Crippen LogP contribution in [-0.2, 0) is 6.42 Å². The van der Waals surface area contributed by atoms with Gasteiger partial charge in [-0.2, -0.15) is 0 Å². The molecule has 92 valence electrons. The summed E-state index contributed by atoms with van der Waals surface area (Å²) in [5, 5.41) is 0. The molecule has 0 fully saturated rings. The number of hydrogen-bond donors (Lipinski definition) is 1. The van der Waals surface area contributed by atoms with Gasteiger partial charge in [0.15, 0.2) is 0 Å². The Bertz CT molecular complexity index is 580. The second-order valence-corrected chi connectivity index (χ2v) is 4.46. The smallest absolute Gasteiger partial charge is 0.121 e. The minimum absolute atomic E-state index is 0.785. The molecule has 0 aliphatic carbocycles. The maximum Gasteiger partial charge on any atom is 0.121 e. The molecule has 3 nitrogen and oxygen atoms in total. The number of methoxy groups -OCH3 is 1. The number of fused-ring (bicyclic) bond motifs is 1. The fourth-order valence-electron chi connectivity index (χ4n) is 2.47. The van der Waals surface area contributed by atoms with Crippen molar-refractivity contribution in [2.24, 2.45) is 0 Å². The summed E-state index contributed by atoms with van der Waals surface area (Å²) in [6, 6.07) is 14.2. The lowest BCUT2D eigenvalue weighted by Crippen LogP contribution is -2.15. The van der Waals surface area contributed by atoms with Crippen molar-refractivity contribution in [1.29, 1.82) is 0 Å². The lowest BCUT2D eigenvalue weighted by molar-refractivity contribution is 0.415. The Kier molecular flexibility index (Phi) is 2.59. The summed E-state index contributed by atoms with van der Waals surface area (Å²) in [6.45, 7) is 0.969. The highest BCUT2D eigenvalue weighted by Gasteiger charge is 2.21. The molecular formula is C15H16N2O. The van der Waals surface area contributed by atoms with Crippen LogP contribution in [0.4, 0.5) is 17.1 Å². The molecule has 3 rings (SSSR count). The monoisotopic (exact) mass is 240 g/mol. The van der Waals surface area contributed by atoms with Crippen LogP contribution in [0.1, 0.15) is 5.56 Å². The first-order chi connectivity index (χ1) is 8.79. The molecular weight excluding hydrogens is 224 g/mol. The number of nitrogen functional groups attached to an aromatic ring is 1. The van der Waals surface area contributed by atoms with Crippen molar-refractivity contribution < 1.29 is 4.74 Å². The zero-order valence-electron chi connectivity index (χ0n) is 10.4. The van der Waals surface area contributed by atoms with Gasteiger partial charge in [-0.1, -0.05) is 18.2 Å². The molecule has 2 aromatic carbocycles. The van der Waals surface area contributed by atoms with Crippen molar-refractivity contribution in [2.75, 3.05) is 24.3 Å². The lowest BCUT2D eigenvalue weighted by Gasteiger charge is -2.22. The highest BCUT2D eigenvalue weighted by molar-refractivity contribution is 5.79. The van der Waals surface area contributed by atoms with E-state index in [1.165, 1.54) is 11.3 Å². The molecule has 1 aliphatic heterocycles. The number of hydrogen-bond acceptors (Lipinski definition) is 3. The number of benzene rings is 2. The van der Waals surface area contributed by atoms with Crippen LogP contribution in [0.25, 0.3) is 0 Å². The molecule has 1 aliphatic rings. The van der Waals surface area contributed by atoms with E-state index in [2.05, 4.69) is 29.2 Å². The molecule has 3 heteroatoms. The maximum atomic E-state index is 6.08. The van der Waals surface area contributed by atoms with Crippen LogP contribution >= 0.6 is 0 Å². The average Bonchev–Trinajstić information content (AvgIpc) is 2.83. The summed E-state index contributed by atoms with van der Waals surface area (Å²) in [6.07, 6.45) is 1.06. The topological polar surface area (TPSA) is 38.5 Å². The molecule has 0 radical (unpaired) electrons. The Hall–Kier alpha value is -2.16. The van der Waals surface area contributed by atoms with Crippen molar-refractivity contribution >= 4 is 17.1 Å². The Morgan fingerprint density at radius 3 is 2.78 bits per heavy atom. The van der Waals surface area contributed by atoms with E-state index in [1.807, 2.05) is 18.2 Å². The van der Waals surface area contributed by atoms with Gasteiger partial charge in [-0.25, -0.2) is 0 Å². The Morgan fingerprint density at radius 2 is 1.94 bits per heavy atom. The van der Waals surface area contributed by atoms with Gasteiger partial charge in [-0.15, -0.1) is 0 Å². The van der Waals surface area contributed by atoms with E-state index in [-0.39, 0.29) is 0 Å². The number of ether oxygens (including phenoxy) is 1. The van der Waals surface area contributed by atoms with E-state index >= 15 is 0 Å². The summed E-state index contributed by atoms with van der Waals surface area (Å²) >= 11 is 0. The predicted octanol–water partition coefficient (Wildman–Crippen LogP) is 2.97. The van der Waals surface area contributed by atoms with Crippen LogP contribution in [0.15, 0.2) is 42.5 Å². The molecule has 0 saturated carbocycles. The second-order valence-electron chi connectivity index (χ2n) is 4.46. The van der Waals surface area contributed by atoms with Crippen LogP contribution in [0, 0.1) is 0 Å². The Labute approximate surface area is 107 Å². The largest absolute Gasteiger partial charge is 0.497 e. The van der Waals surface area contributed by atoms with Gasteiger partial charge in [0.05, 0.1) is 18.5 Å². The third-order valence-corrected chi connectivity index (χ3v) is 3.42. The van der Waals surface area contributed by atoms with Crippen molar-refractivity contribution in [3.05, 3.63) is 48.0 Å². The van der Waals surface area contributed by atoms with Crippen molar-refractivity contribution in [3.8, 4) is 5.75 Å². The molecule has 0 saturated heterocycles. The number of anilines is 3. The quantitative estimate of drug-likeness (QED) is 0.820. The standard InChI is InChI=1S/C15H16N2O/c1-18-12-6-7-13(16)15(10-12)17-9-8-11-4-2-3-5-14(11)17/h2-7,10H,8-9,16H2,1H3. The first-order valence-electron chi connectivity index (χ1n) is 6.08. The molecule has 0 aromatic heterocycles. The fourth-order valence-corrected chi connectivity index (χ4v) is 2.47. The number of rotatable bonds is 2. The fraction of sp³-hybridized carbons (Fsp3) is 0.200. The number of nitrogens with two attached hydrogens (primary N) is 1. The molecule has 0 atom stereocenters. The van der Waals surface area contributed by atoms with Crippen LogP contribution in [-0.4, -0.2) is 13.7 Å². The zero-order valence-corrected chi connectivity index (χ0v) is 10.4. The molecule has 2 aromatic rings. The predicted molar refractivity (Wildman–Crippen MR) is 74.6 cm³/mol. The van der Waals surface area contributed by atoms with Crippen LogP contribution in [0.5, 0.6) is 5.75 Å². The number of nitrogens with zero attached hydrogens (tertiary/aromatic N) is 1. The molecule has 0 spiro atoms. The zero-order chi connectivity index (χ0) is 12.5. The van der Waals surface area contributed by atoms with E-state index in [1.54, 1.807) is 7.11 Å². The van der Waals surface area contributed by atoms with E-state index in [0.717, 1.165) is 30.1 Å². The minimum Gasteiger partial charge on any atom is -0.497 e. The Morgan fingerprint density at radius 1 is 1.11 bits per heavy atom. The van der Waals surface area contributed by atoms with Gasteiger partial charge in [0.2, 0.25) is 0 Å². The molecule has 0 amide bonds. The van der Waals surface area contributed by atoms with Gasteiger partial charge >= 0.3 is 0 Å². The van der Waals surface area contributed by atoms with E-state index in [4.69, 9.17) is 10.5 Å².